The third-order valence-electron chi connectivity index (χ3n) is 3.35. The molecular weight excluding hydrogens is 351 g/mol. The summed E-state index contributed by atoms with van der Waals surface area (Å²) in [6, 6.07) is 13.0. The fourth-order valence-corrected chi connectivity index (χ4v) is 3.46. The molecule has 0 unspecified atom stereocenters. The van der Waals surface area contributed by atoms with E-state index in [2.05, 4.69) is 4.98 Å². The summed E-state index contributed by atoms with van der Waals surface area (Å²) in [5.41, 5.74) is 1.48. The first-order valence-electron chi connectivity index (χ1n) is 6.99. The monoisotopic (exact) mass is 362 g/mol. The standard InChI is InChI=1S/C17H12ClFN2O2S/c18-14-4-2-1-3-11(14)10-24-17-20-9-15(16(22)23)21(17)13-7-5-12(19)6-8-13/h1-9H,10H2,(H,22,23). The highest BCUT2D eigenvalue weighted by atomic mass is 35.5. The third kappa shape index (κ3) is 3.44. The molecule has 122 valence electrons. The first-order valence-corrected chi connectivity index (χ1v) is 8.36. The van der Waals surface area contributed by atoms with Gasteiger partial charge in [0.05, 0.1) is 6.20 Å². The number of nitrogens with zero attached hydrogens (tertiary/aromatic N) is 2. The van der Waals surface area contributed by atoms with Crippen LogP contribution in [0.1, 0.15) is 16.1 Å². The minimum Gasteiger partial charge on any atom is -0.477 e. The molecule has 0 atom stereocenters. The van der Waals surface area contributed by atoms with Gasteiger partial charge in [-0.3, -0.25) is 4.57 Å². The first-order chi connectivity index (χ1) is 11.6. The Bertz CT molecular complexity index is 881. The van der Waals surface area contributed by atoms with Gasteiger partial charge in [0.25, 0.3) is 0 Å². The number of hydrogen-bond donors (Lipinski definition) is 1. The number of aromatic carboxylic acids is 1. The molecule has 1 heterocycles. The SMILES string of the molecule is O=C(O)c1cnc(SCc2ccccc2Cl)n1-c1ccc(F)cc1. The summed E-state index contributed by atoms with van der Waals surface area (Å²) in [6.07, 6.45) is 1.29. The van der Waals surface area contributed by atoms with Crippen molar-refractivity contribution in [1.82, 2.24) is 9.55 Å². The molecule has 3 rings (SSSR count). The molecule has 0 saturated carbocycles. The van der Waals surface area contributed by atoms with E-state index < -0.39 is 5.97 Å². The molecule has 0 fully saturated rings. The molecule has 0 amide bonds. The Balaban J connectivity index is 1.95. The van der Waals surface area contributed by atoms with Gasteiger partial charge < -0.3 is 5.11 Å². The van der Waals surface area contributed by atoms with E-state index in [1.165, 1.54) is 46.8 Å². The van der Waals surface area contributed by atoms with Crippen LogP contribution in [0.3, 0.4) is 0 Å². The number of rotatable bonds is 5. The second kappa shape index (κ2) is 7.07. The highest BCUT2D eigenvalue weighted by molar-refractivity contribution is 7.98. The van der Waals surface area contributed by atoms with E-state index in [9.17, 15) is 14.3 Å². The lowest BCUT2D eigenvalue weighted by Gasteiger charge is -2.10. The van der Waals surface area contributed by atoms with E-state index in [1.807, 2.05) is 18.2 Å². The fourth-order valence-electron chi connectivity index (χ4n) is 2.18. The number of aromatic nitrogens is 2. The van der Waals surface area contributed by atoms with Gasteiger partial charge in [-0.15, -0.1) is 0 Å². The Kier molecular flexibility index (Phi) is 4.87. The Hall–Kier alpha value is -2.31. The van der Waals surface area contributed by atoms with Crippen LogP contribution in [0.4, 0.5) is 4.39 Å². The fraction of sp³-hybridized carbons (Fsp3) is 0.0588. The van der Waals surface area contributed by atoms with Crippen LogP contribution < -0.4 is 0 Å². The molecule has 2 aromatic carbocycles. The number of benzene rings is 2. The summed E-state index contributed by atoms with van der Waals surface area (Å²) in [5.74, 6) is -0.950. The molecule has 0 spiro atoms. The van der Waals surface area contributed by atoms with Crippen LogP contribution >= 0.6 is 23.4 Å². The normalized spacial score (nSPS) is 10.8. The highest BCUT2D eigenvalue weighted by Crippen LogP contribution is 2.29. The van der Waals surface area contributed by atoms with Gasteiger partial charge in [-0.25, -0.2) is 14.2 Å². The van der Waals surface area contributed by atoms with Crippen molar-refractivity contribution in [1.29, 1.82) is 0 Å². The smallest absolute Gasteiger partial charge is 0.354 e. The molecule has 0 saturated heterocycles. The Labute approximate surface area is 146 Å². The Morgan fingerprint density at radius 2 is 1.92 bits per heavy atom. The molecule has 0 radical (unpaired) electrons. The van der Waals surface area contributed by atoms with Crippen molar-refractivity contribution >= 4 is 29.3 Å². The molecule has 7 heteroatoms. The van der Waals surface area contributed by atoms with Crippen molar-refractivity contribution in [3.63, 3.8) is 0 Å². The maximum atomic E-state index is 13.1. The minimum absolute atomic E-state index is 0.0169. The molecule has 0 aliphatic heterocycles. The van der Waals surface area contributed by atoms with E-state index in [4.69, 9.17) is 11.6 Å². The zero-order valence-corrected chi connectivity index (χ0v) is 13.9. The minimum atomic E-state index is -1.10. The van der Waals surface area contributed by atoms with Crippen LogP contribution in [0.5, 0.6) is 0 Å². The molecule has 3 aromatic rings. The summed E-state index contributed by atoms with van der Waals surface area (Å²) in [6.45, 7) is 0. The van der Waals surface area contributed by atoms with Crippen LogP contribution in [-0.2, 0) is 5.75 Å². The number of thioether (sulfide) groups is 1. The quantitative estimate of drug-likeness (QED) is 0.671. The van der Waals surface area contributed by atoms with E-state index in [0.717, 1.165) is 5.56 Å². The number of carboxylic acid groups (broad SMARTS) is 1. The predicted octanol–water partition coefficient (Wildman–Crippen LogP) is 4.66. The van der Waals surface area contributed by atoms with Gasteiger partial charge in [0.15, 0.2) is 10.9 Å². The van der Waals surface area contributed by atoms with Crippen molar-refractivity contribution in [2.75, 3.05) is 0 Å². The lowest BCUT2D eigenvalue weighted by atomic mass is 10.2. The van der Waals surface area contributed by atoms with Gasteiger partial charge in [0, 0.05) is 16.5 Å². The first kappa shape index (κ1) is 16.5. The highest BCUT2D eigenvalue weighted by Gasteiger charge is 2.18. The van der Waals surface area contributed by atoms with Crippen LogP contribution in [0, 0.1) is 5.82 Å². The summed E-state index contributed by atoms with van der Waals surface area (Å²) in [5, 5.41) is 10.5. The second-order valence-corrected chi connectivity index (χ2v) is 6.27. The average molecular weight is 363 g/mol. The van der Waals surface area contributed by atoms with E-state index in [-0.39, 0.29) is 11.5 Å². The van der Waals surface area contributed by atoms with Crippen molar-refractivity contribution in [3.8, 4) is 5.69 Å². The van der Waals surface area contributed by atoms with Crippen molar-refractivity contribution in [2.24, 2.45) is 0 Å². The molecule has 1 aromatic heterocycles. The number of imidazole rings is 1. The van der Waals surface area contributed by atoms with Crippen molar-refractivity contribution < 1.29 is 14.3 Å². The molecule has 0 aliphatic carbocycles. The Morgan fingerprint density at radius 1 is 1.21 bits per heavy atom. The van der Waals surface area contributed by atoms with E-state index >= 15 is 0 Å². The van der Waals surface area contributed by atoms with Crippen molar-refractivity contribution in [3.05, 3.63) is 76.8 Å². The zero-order chi connectivity index (χ0) is 17.1. The van der Waals surface area contributed by atoms with E-state index in [0.29, 0.717) is 21.6 Å². The molecule has 1 N–H and O–H groups in total. The van der Waals surface area contributed by atoms with Gasteiger partial charge in [0.2, 0.25) is 0 Å². The van der Waals surface area contributed by atoms with Gasteiger partial charge in [-0.05, 0) is 35.9 Å². The largest absolute Gasteiger partial charge is 0.477 e. The molecule has 0 aliphatic rings. The van der Waals surface area contributed by atoms with Crippen LogP contribution in [0.2, 0.25) is 5.02 Å². The van der Waals surface area contributed by atoms with Gasteiger partial charge in [-0.2, -0.15) is 0 Å². The van der Waals surface area contributed by atoms with Gasteiger partial charge >= 0.3 is 5.97 Å². The van der Waals surface area contributed by atoms with Crippen LogP contribution in [-0.4, -0.2) is 20.6 Å². The number of hydrogen-bond acceptors (Lipinski definition) is 3. The van der Waals surface area contributed by atoms with Gasteiger partial charge in [0.1, 0.15) is 5.82 Å². The molecule has 0 bridgehead atoms. The summed E-state index contributed by atoms with van der Waals surface area (Å²) in [7, 11) is 0. The molecule has 24 heavy (non-hydrogen) atoms. The summed E-state index contributed by atoms with van der Waals surface area (Å²) < 4.78 is 14.6. The predicted molar refractivity (Wildman–Crippen MR) is 91.5 cm³/mol. The Morgan fingerprint density at radius 3 is 2.58 bits per heavy atom. The van der Waals surface area contributed by atoms with Crippen molar-refractivity contribution in [2.45, 2.75) is 10.9 Å². The summed E-state index contributed by atoms with van der Waals surface area (Å²) >= 11 is 7.51. The zero-order valence-electron chi connectivity index (χ0n) is 12.3. The number of carbonyl (C=O) groups is 1. The van der Waals surface area contributed by atoms with Crippen LogP contribution in [0.15, 0.2) is 59.9 Å². The maximum absolute atomic E-state index is 13.1. The number of halogens is 2. The lowest BCUT2D eigenvalue weighted by molar-refractivity contribution is 0.0687. The average Bonchev–Trinajstić information content (AvgIpc) is 2.99. The molecular formula is C17H12ClFN2O2S. The lowest BCUT2D eigenvalue weighted by Crippen LogP contribution is -2.07. The van der Waals surface area contributed by atoms with Crippen LogP contribution in [0.25, 0.3) is 5.69 Å². The maximum Gasteiger partial charge on any atom is 0.354 e. The topological polar surface area (TPSA) is 55.1 Å². The number of carboxylic acids is 1. The third-order valence-corrected chi connectivity index (χ3v) is 4.72. The molecule has 4 nitrogen and oxygen atoms in total. The second-order valence-electron chi connectivity index (χ2n) is 4.92. The van der Waals surface area contributed by atoms with Gasteiger partial charge in [-0.1, -0.05) is 41.6 Å². The summed E-state index contributed by atoms with van der Waals surface area (Å²) in [4.78, 5) is 15.6. The van der Waals surface area contributed by atoms with E-state index in [1.54, 1.807) is 6.07 Å².